The minimum Gasteiger partial charge on any atom is -0.342 e. The maximum absolute atomic E-state index is 12.1. The third kappa shape index (κ3) is 4.43. The fourth-order valence-electron chi connectivity index (χ4n) is 3.33. The number of carbonyl (C=O) groups excluding carboxylic acids is 1. The highest BCUT2D eigenvalue weighted by Crippen LogP contribution is 2.22. The lowest BCUT2D eigenvalue weighted by Crippen LogP contribution is -2.42. The fraction of sp³-hybridized carbons (Fsp3) is 0.929. The molecule has 3 nitrogen and oxygen atoms in total. The Kier molecular flexibility index (Phi) is 6.44. The molecule has 3 unspecified atom stereocenters. The predicted octanol–water partition coefficient (Wildman–Crippen LogP) is 2.44. The second-order valence-electron chi connectivity index (χ2n) is 6.08. The number of hydrogen-bond donors (Lipinski definition) is 1. The number of carbonyl (C=O) groups is 1. The van der Waals surface area contributed by atoms with Crippen molar-refractivity contribution in [1.29, 1.82) is 0 Å². The first kappa shape index (κ1) is 15.8. The lowest BCUT2D eigenvalue weighted by Gasteiger charge is -2.35. The predicted molar refractivity (Wildman–Crippen MR) is 77.0 cm³/mol. The van der Waals surface area contributed by atoms with Crippen molar-refractivity contribution in [2.24, 2.45) is 11.8 Å². The summed E-state index contributed by atoms with van der Waals surface area (Å²) in [5, 5.41) is 3.46. The van der Waals surface area contributed by atoms with Gasteiger partial charge < -0.3 is 10.2 Å². The standard InChI is InChI=1S/C14H26N2O.ClH/c1-11-8-12(2)10-16(9-11)14(17)6-5-13-4-3-7-15-13;/h11-13,15H,3-10H2,1-2H3;1H. The zero-order valence-corrected chi connectivity index (χ0v) is 12.5. The second kappa shape index (κ2) is 7.34. The molecule has 18 heavy (non-hydrogen) atoms. The smallest absolute Gasteiger partial charge is 0.222 e. The lowest BCUT2D eigenvalue weighted by molar-refractivity contribution is -0.134. The van der Waals surface area contributed by atoms with E-state index in [0.717, 1.165) is 32.5 Å². The largest absolute Gasteiger partial charge is 0.342 e. The van der Waals surface area contributed by atoms with Gasteiger partial charge in [-0.3, -0.25) is 4.79 Å². The van der Waals surface area contributed by atoms with Gasteiger partial charge in [-0.15, -0.1) is 12.4 Å². The van der Waals surface area contributed by atoms with Crippen LogP contribution in [0.2, 0.25) is 0 Å². The average molecular weight is 275 g/mol. The number of likely N-dealkylation sites (tertiary alicyclic amines) is 1. The Morgan fingerprint density at radius 2 is 1.94 bits per heavy atom. The molecule has 0 aromatic heterocycles. The van der Waals surface area contributed by atoms with Crippen LogP contribution >= 0.6 is 12.4 Å². The van der Waals surface area contributed by atoms with Crippen LogP contribution in [0.5, 0.6) is 0 Å². The summed E-state index contributed by atoms with van der Waals surface area (Å²) in [5.74, 6) is 1.72. The molecular formula is C14H27ClN2O. The third-order valence-corrected chi connectivity index (χ3v) is 4.09. The van der Waals surface area contributed by atoms with E-state index in [1.165, 1.54) is 19.3 Å². The first-order chi connectivity index (χ1) is 8.15. The molecule has 0 spiro atoms. The van der Waals surface area contributed by atoms with Crippen molar-refractivity contribution in [2.75, 3.05) is 19.6 Å². The first-order valence-corrected chi connectivity index (χ1v) is 7.16. The van der Waals surface area contributed by atoms with Gasteiger partial charge in [0.25, 0.3) is 0 Å². The van der Waals surface area contributed by atoms with E-state index in [0.29, 0.717) is 23.8 Å². The molecule has 0 saturated carbocycles. The summed E-state index contributed by atoms with van der Waals surface area (Å²) >= 11 is 0. The molecule has 1 N–H and O–H groups in total. The van der Waals surface area contributed by atoms with Crippen LogP contribution in [0.3, 0.4) is 0 Å². The number of rotatable bonds is 3. The summed E-state index contributed by atoms with van der Waals surface area (Å²) < 4.78 is 0. The monoisotopic (exact) mass is 274 g/mol. The van der Waals surface area contributed by atoms with Gasteiger partial charge in [-0.05, 0) is 44.1 Å². The summed E-state index contributed by atoms with van der Waals surface area (Å²) in [6.07, 6.45) is 5.56. The van der Waals surface area contributed by atoms with Crippen molar-refractivity contribution >= 4 is 18.3 Å². The van der Waals surface area contributed by atoms with E-state index >= 15 is 0 Å². The van der Waals surface area contributed by atoms with Gasteiger partial charge in [0.1, 0.15) is 0 Å². The van der Waals surface area contributed by atoms with Crippen LogP contribution < -0.4 is 5.32 Å². The molecule has 2 rings (SSSR count). The quantitative estimate of drug-likeness (QED) is 0.857. The van der Waals surface area contributed by atoms with Crippen LogP contribution in [-0.2, 0) is 4.79 Å². The third-order valence-electron chi connectivity index (χ3n) is 4.09. The van der Waals surface area contributed by atoms with E-state index in [1.54, 1.807) is 0 Å². The van der Waals surface area contributed by atoms with E-state index in [9.17, 15) is 4.79 Å². The highest BCUT2D eigenvalue weighted by atomic mass is 35.5. The Hall–Kier alpha value is -0.280. The Bertz CT molecular complexity index is 257. The number of piperidine rings is 1. The molecular weight excluding hydrogens is 248 g/mol. The highest BCUT2D eigenvalue weighted by molar-refractivity contribution is 5.85. The minimum absolute atomic E-state index is 0. The molecule has 2 aliphatic rings. The van der Waals surface area contributed by atoms with E-state index in [-0.39, 0.29) is 12.4 Å². The normalized spacial score (nSPS) is 32.1. The molecule has 2 fully saturated rings. The molecule has 2 aliphatic heterocycles. The molecule has 0 aliphatic carbocycles. The van der Waals surface area contributed by atoms with Gasteiger partial charge in [-0.25, -0.2) is 0 Å². The van der Waals surface area contributed by atoms with Gasteiger partial charge in [0.05, 0.1) is 0 Å². The number of halogens is 1. The van der Waals surface area contributed by atoms with Crippen LogP contribution in [0.15, 0.2) is 0 Å². The van der Waals surface area contributed by atoms with E-state index in [1.807, 2.05) is 0 Å². The topological polar surface area (TPSA) is 32.3 Å². The van der Waals surface area contributed by atoms with Gasteiger partial charge in [0.2, 0.25) is 5.91 Å². The molecule has 3 atom stereocenters. The van der Waals surface area contributed by atoms with Crippen molar-refractivity contribution in [3.63, 3.8) is 0 Å². The van der Waals surface area contributed by atoms with Crippen molar-refractivity contribution in [1.82, 2.24) is 10.2 Å². The van der Waals surface area contributed by atoms with Crippen molar-refractivity contribution in [3.05, 3.63) is 0 Å². The van der Waals surface area contributed by atoms with Crippen LogP contribution in [0.25, 0.3) is 0 Å². The molecule has 2 saturated heterocycles. The number of hydrogen-bond acceptors (Lipinski definition) is 2. The summed E-state index contributed by atoms with van der Waals surface area (Å²) in [6.45, 7) is 7.60. The van der Waals surface area contributed by atoms with Gasteiger partial charge in [0.15, 0.2) is 0 Å². The summed E-state index contributed by atoms with van der Waals surface area (Å²) in [5.41, 5.74) is 0. The van der Waals surface area contributed by atoms with Crippen molar-refractivity contribution in [2.45, 2.75) is 52.0 Å². The lowest BCUT2D eigenvalue weighted by atomic mass is 9.91. The molecule has 1 amide bonds. The average Bonchev–Trinajstić information content (AvgIpc) is 2.77. The Labute approximate surface area is 117 Å². The van der Waals surface area contributed by atoms with Crippen molar-refractivity contribution in [3.8, 4) is 0 Å². The van der Waals surface area contributed by atoms with Gasteiger partial charge in [-0.1, -0.05) is 13.8 Å². The molecule has 0 aromatic carbocycles. The molecule has 0 aromatic rings. The Balaban J connectivity index is 0.00000162. The molecule has 2 heterocycles. The molecule has 4 heteroatoms. The molecule has 106 valence electrons. The summed E-state index contributed by atoms with van der Waals surface area (Å²) in [6, 6.07) is 0.596. The summed E-state index contributed by atoms with van der Waals surface area (Å²) in [4.78, 5) is 14.2. The highest BCUT2D eigenvalue weighted by Gasteiger charge is 2.25. The van der Waals surface area contributed by atoms with Crippen molar-refractivity contribution < 1.29 is 4.79 Å². The maximum atomic E-state index is 12.1. The Morgan fingerprint density at radius 3 is 2.50 bits per heavy atom. The van der Waals surface area contributed by atoms with Crippen LogP contribution in [0, 0.1) is 11.8 Å². The van der Waals surface area contributed by atoms with E-state index in [2.05, 4.69) is 24.1 Å². The SMILES string of the molecule is CC1CC(C)CN(C(=O)CCC2CCCN2)C1.Cl. The number of amides is 1. The zero-order valence-electron chi connectivity index (χ0n) is 11.7. The first-order valence-electron chi connectivity index (χ1n) is 7.16. The molecule has 0 bridgehead atoms. The van der Waals surface area contributed by atoms with E-state index < -0.39 is 0 Å². The maximum Gasteiger partial charge on any atom is 0.222 e. The molecule has 0 radical (unpaired) electrons. The van der Waals surface area contributed by atoms with Gasteiger partial charge >= 0.3 is 0 Å². The number of nitrogens with one attached hydrogen (secondary N) is 1. The number of nitrogens with zero attached hydrogens (tertiary/aromatic N) is 1. The van der Waals surface area contributed by atoms with E-state index in [4.69, 9.17) is 0 Å². The van der Waals surface area contributed by atoms with Crippen LogP contribution in [-0.4, -0.2) is 36.5 Å². The van der Waals surface area contributed by atoms with Crippen LogP contribution in [0.4, 0.5) is 0 Å². The minimum atomic E-state index is 0. The summed E-state index contributed by atoms with van der Waals surface area (Å²) in [7, 11) is 0. The fourth-order valence-corrected chi connectivity index (χ4v) is 3.33. The Morgan fingerprint density at radius 1 is 1.28 bits per heavy atom. The second-order valence-corrected chi connectivity index (χ2v) is 6.08. The van der Waals surface area contributed by atoms with Gasteiger partial charge in [0, 0.05) is 25.6 Å². The van der Waals surface area contributed by atoms with Crippen LogP contribution in [0.1, 0.15) is 46.0 Å². The van der Waals surface area contributed by atoms with Gasteiger partial charge in [-0.2, -0.15) is 0 Å². The zero-order chi connectivity index (χ0) is 12.3.